The Balaban J connectivity index is 1.61. The molecule has 0 atom stereocenters. The first-order valence-electron chi connectivity index (χ1n) is 6.42. The summed E-state index contributed by atoms with van der Waals surface area (Å²) in [7, 11) is 1.89. The van der Waals surface area contributed by atoms with E-state index in [1.54, 1.807) is 24.3 Å². The molecule has 1 N–H and O–H groups in total. The molecule has 22 heavy (non-hydrogen) atoms. The Kier molecular flexibility index (Phi) is 4.25. The maximum Gasteiger partial charge on any atom is 0.236 e. The highest BCUT2D eigenvalue weighted by Gasteiger charge is 2.14. The van der Waals surface area contributed by atoms with E-state index in [4.69, 9.17) is 4.52 Å². The first kappa shape index (κ1) is 14.8. The van der Waals surface area contributed by atoms with E-state index in [1.807, 2.05) is 29.1 Å². The van der Waals surface area contributed by atoms with E-state index in [9.17, 15) is 4.79 Å². The molecule has 0 aliphatic rings. The van der Waals surface area contributed by atoms with Crippen LogP contribution in [-0.4, -0.2) is 31.6 Å². The van der Waals surface area contributed by atoms with E-state index in [1.165, 1.54) is 11.8 Å². The summed E-state index contributed by atoms with van der Waals surface area (Å²) in [5, 5.41) is 17.4. The lowest BCUT2D eigenvalue weighted by Gasteiger charge is -2.02. The summed E-state index contributed by atoms with van der Waals surface area (Å²) >= 11 is 2.92. The quantitative estimate of drug-likeness (QED) is 0.721. The highest BCUT2D eigenvalue weighted by molar-refractivity contribution is 7.99. The van der Waals surface area contributed by atoms with E-state index in [-0.39, 0.29) is 11.7 Å². The van der Waals surface area contributed by atoms with Crippen LogP contribution in [0.3, 0.4) is 0 Å². The Bertz CT molecular complexity index is 778. The fourth-order valence-corrected chi connectivity index (χ4v) is 3.25. The first-order chi connectivity index (χ1) is 10.6. The minimum atomic E-state index is -0.168. The maximum absolute atomic E-state index is 11.9. The van der Waals surface area contributed by atoms with Gasteiger partial charge in [0.1, 0.15) is 5.76 Å². The van der Waals surface area contributed by atoms with Crippen LogP contribution in [0.2, 0.25) is 0 Å². The molecule has 3 heterocycles. The Morgan fingerprint density at radius 2 is 2.36 bits per heavy atom. The number of thioether (sulfide) groups is 1. The molecule has 0 spiro atoms. The average molecular weight is 335 g/mol. The third-order valence-electron chi connectivity index (χ3n) is 2.80. The molecule has 3 rings (SSSR count). The number of carbonyl (C=O) groups is 1. The van der Waals surface area contributed by atoms with Gasteiger partial charge in [-0.15, -0.1) is 21.5 Å². The van der Waals surface area contributed by atoms with Crippen molar-refractivity contribution in [2.45, 2.75) is 12.1 Å². The Hall–Kier alpha value is -2.13. The van der Waals surface area contributed by atoms with Gasteiger partial charge in [0.2, 0.25) is 5.91 Å². The number of thiophene rings is 1. The molecule has 9 heteroatoms. The van der Waals surface area contributed by atoms with Crippen LogP contribution in [0.5, 0.6) is 0 Å². The fourth-order valence-electron chi connectivity index (χ4n) is 1.80. The number of hydrogen-bond donors (Lipinski definition) is 1. The summed E-state index contributed by atoms with van der Waals surface area (Å²) in [6.07, 6.45) is 0. The van der Waals surface area contributed by atoms with Crippen molar-refractivity contribution in [2.75, 3.05) is 11.1 Å². The molecule has 0 aliphatic heterocycles. The highest BCUT2D eigenvalue weighted by Crippen LogP contribution is 2.25. The van der Waals surface area contributed by atoms with Crippen LogP contribution in [0.1, 0.15) is 5.76 Å². The molecule has 0 unspecified atom stereocenters. The smallest absolute Gasteiger partial charge is 0.236 e. The summed E-state index contributed by atoms with van der Waals surface area (Å²) < 4.78 is 6.77. The number of aromatic nitrogens is 4. The van der Waals surface area contributed by atoms with Crippen molar-refractivity contribution in [3.8, 4) is 10.7 Å². The molecular weight excluding hydrogens is 322 g/mol. The average Bonchev–Trinajstić information content (AvgIpc) is 3.19. The normalized spacial score (nSPS) is 10.8. The van der Waals surface area contributed by atoms with Crippen LogP contribution < -0.4 is 5.32 Å². The van der Waals surface area contributed by atoms with Gasteiger partial charge >= 0.3 is 0 Å². The number of nitrogens with zero attached hydrogens (tertiary/aromatic N) is 4. The maximum atomic E-state index is 11.9. The summed E-state index contributed by atoms with van der Waals surface area (Å²) in [6.45, 7) is 1.77. The molecule has 0 aromatic carbocycles. The van der Waals surface area contributed by atoms with Gasteiger partial charge in [0.05, 0.1) is 10.6 Å². The number of nitrogens with one attached hydrogen (secondary N) is 1. The lowest BCUT2D eigenvalue weighted by molar-refractivity contribution is -0.113. The number of carbonyl (C=O) groups excluding carboxylic acids is 1. The third-order valence-corrected chi connectivity index (χ3v) is 4.69. The molecule has 7 nitrogen and oxygen atoms in total. The van der Waals surface area contributed by atoms with Crippen molar-refractivity contribution in [3.05, 3.63) is 29.3 Å². The van der Waals surface area contributed by atoms with E-state index >= 15 is 0 Å². The molecule has 3 aromatic heterocycles. The van der Waals surface area contributed by atoms with Crippen molar-refractivity contribution in [2.24, 2.45) is 7.05 Å². The zero-order chi connectivity index (χ0) is 15.5. The van der Waals surface area contributed by atoms with Crippen LogP contribution >= 0.6 is 23.1 Å². The number of rotatable bonds is 5. The zero-order valence-corrected chi connectivity index (χ0v) is 13.6. The minimum absolute atomic E-state index is 0.168. The van der Waals surface area contributed by atoms with Gasteiger partial charge in [0, 0.05) is 13.1 Å². The summed E-state index contributed by atoms with van der Waals surface area (Å²) in [4.78, 5) is 12.9. The Labute approximate surface area is 134 Å². The standard InChI is InChI=1S/C13H13N5O2S2/c1-8-6-10(17-20-8)14-11(19)7-22-13-16-15-12(18(13)2)9-4-3-5-21-9/h3-6H,7H2,1-2H3,(H,14,17,19). The molecule has 0 saturated heterocycles. The lowest BCUT2D eigenvalue weighted by Crippen LogP contribution is -2.14. The van der Waals surface area contributed by atoms with Gasteiger partial charge in [-0.3, -0.25) is 4.79 Å². The Morgan fingerprint density at radius 3 is 3.05 bits per heavy atom. The number of hydrogen-bond acceptors (Lipinski definition) is 7. The molecule has 114 valence electrons. The van der Waals surface area contributed by atoms with Crippen LogP contribution in [0, 0.1) is 6.92 Å². The van der Waals surface area contributed by atoms with Crippen molar-refractivity contribution in [1.82, 2.24) is 19.9 Å². The molecule has 1 amide bonds. The van der Waals surface area contributed by atoms with Crippen molar-refractivity contribution < 1.29 is 9.32 Å². The van der Waals surface area contributed by atoms with Gasteiger partial charge in [-0.05, 0) is 18.4 Å². The lowest BCUT2D eigenvalue weighted by atomic mass is 10.4. The minimum Gasteiger partial charge on any atom is -0.360 e. The fraction of sp³-hybridized carbons (Fsp3) is 0.231. The summed E-state index contributed by atoms with van der Waals surface area (Å²) in [6, 6.07) is 5.62. The second-order valence-corrected chi connectivity index (χ2v) is 6.39. The van der Waals surface area contributed by atoms with E-state index in [0.29, 0.717) is 16.7 Å². The van der Waals surface area contributed by atoms with Gasteiger partial charge in [0.15, 0.2) is 16.8 Å². The summed E-state index contributed by atoms with van der Waals surface area (Å²) in [5.74, 6) is 1.92. The van der Waals surface area contributed by atoms with Crippen LogP contribution in [0.15, 0.2) is 33.3 Å². The molecule has 0 fully saturated rings. The molecule has 0 bridgehead atoms. The van der Waals surface area contributed by atoms with Gasteiger partial charge < -0.3 is 14.4 Å². The topological polar surface area (TPSA) is 85.8 Å². The van der Waals surface area contributed by atoms with E-state index < -0.39 is 0 Å². The SMILES string of the molecule is Cc1cc(NC(=O)CSc2nnc(-c3cccs3)n2C)no1. The van der Waals surface area contributed by atoms with E-state index in [0.717, 1.165) is 10.7 Å². The molecular formula is C13H13N5O2S2. The third kappa shape index (κ3) is 3.20. The zero-order valence-electron chi connectivity index (χ0n) is 11.9. The molecule has 0 saturated carbocycles. The largest absolute Gasteiger partial charge is 0.360 e. The van der Waals surface area contributed by atoms with Crippen LogP contribution in [-0.2, 0) is 11.8 Å². The molecule has 3 aromatic rings. The number of aryl methyl sites for hydroxylation is 1. The van der Waals surface area contributed by atoms with Crippen molar-refractivity contribution >= 4 is 34.8 Å². The first-order valence-corrected chi connectivity index (χ1v) is 8.29. The van der Waals surface area contributed by atoms with Crippen molar-refractivity contribution in [1.29, 1.82) is 0 Å². The number of amides is 1. The predicted octanol–water partition coefficient (Wildman–Crippen LogP) is 2.57. The monoisotopic (exact) mass is 335 g/mol. The highest BCUT2D eigenvalue weighted by atomic mass is 32.2. The molecule has 0 radical (unpaired) electrons. The van der Waals surface area contributed by atoms with Crippen LogP contribution in [0.4, 0.5) is 5.82 Å². The predicted molar refractivity (Wildman–Crippen MR) is 84.9 cm³/mol. The van der Waals surface area contributed by atoms with E-state index in [2.05, 4.69) is 20.7 Å². The molecule has 0 aliphatic carbocycles. The van der Waals surface area contributed by atoms with Gasteiger partial charge in [0.25, 0.3) is 0 Å². The second kappa shape index (κ2) is 6.32. The second-order valence-electron chi connectivity index (χ2n) is 4.50. The van der Waals surface area contributed by atoms with Gasteiger partial charge in [-0.1, -0.05) is 23.0 Å². The number of anilines is 1. The van der Waals surface area contributed by atoms with Crippen molar-refractivity contribution in [3.63, 3.8) is 0 Å². The van der Waals surface area contributed by atoms with Gasteiger partial charge in [-0.25, -0.2) is 0 Å². The van der Waals surface area contributed by atoms with Gasteiger partial charge in [-0.2, -0.15) is 0 Å². The van der Waals surface area contributed by atoms with Crippen LogP contribution in [0.25, 0.3) is 10.7 Å². The summed E-state index contributed by atoms with van der Waals surface area (Å²) in [5.41, 5.74) is 0. The Morgan fingerprint density at radius 1 is 1.50 bits per heavy atom.